The largest absolute Gasteiger partial charge is 0.501 e. The van der Waals surface area contributed by atoms with Crippen molar-refractivity contribution in [1.82, 2.24) is 0 Å². The number of ketones is 1. The average Bonchev–Trinajstić information content (AvgIpc) is 2.67. The molecule has 6 nitrogen and oxygen atoms in total. The van der Waals surface area contributed by atoms with Crippen LogP contribution in [0.25, 0.3) is 0 Å². The van der Waals surface area contributed by atoms with E-state index in [1.165, 1.54) is 20.1 Å². The van der Waals surface area contributed by atoms with Gasteiger partial charge in [-0.3, -0.25) is 9.59 Å². The van der Waals surface area contributed by atoms with Gasteiger partial charge in [-0.1, -0.05) is 30.3 Å². The van der Waals surface area contributed by atoms with Crippen LogP contribution < -0.4 is 0 Å². The molecule has 0 fully saturated rings. The SMILES string of the molecule is CO/C(=C\C(C1=CC(=O)CC(OC)O1)c1ccccc1)CCCOC(C)=O. The number of hydrogen-bond donors (Lipinski definition) is 0. The molecule has 0 radical (unpaired) electrons. The molecule has 1 heterocycles. The number of carbonyl (C=O) groups is 2. The third-order valence-electron chi connectivity index (χ3n) is 4.15. The molecule has 0 aromatic heterocycles. The molecule has 1 aliphatic heterocycles. The third-order valence-corrected chi connectivity index (χ3v) is 4.15. The van der Waals surface area contributed by atoms with Crippen LogP contribution in [0.5, 0.6) is 0 Å². The van der Waals surface area contributed by atoms with Gasteiger partial charge in [-0.2, -0.15) is 0 Å². The fraction of sp³-hybridized carbons (Fsp3) is 0.429. The van der Waals surface area contributed by atoms with Crippen LogP contribution in [0.15, 0.2) is 54.0 Å². The zero-order valence-electron chi connectivity index (χ0n) is 16.0. The Balaban J connectivity index is 2.24. The number of rotatable bonds is 9. The Kier molecular flexibility index (Phi) is 8.07. The molecule has 0 amide bonds. The minimum atomic E-state index is -0.591. The van der Waals surface area contributed by atoms with Gasteiger partial charge in [0.05, 0.1) is 31.8 Å². The van der Waals surface area contributed by atoms with Crippen molar-refractivity contribution in [1.29, 1.82) is 0 Å². The molecule has 2 unspecified atom stereocenters. The Labute approximate surface area is 159 Å². The van der Waals surface area contributed by atoms with Gasteiger partial charge in [0.2, 0.25) is 6.29 Å². The van der Waals surface area contributed by atoms with Crippen molar-refractivity contribution >= 4 is 11.8 Å². The van der Waals surface area contributed by atoms with Crippen LogP contribution in [0.3, 0.4) is 0 Å². The van der Waals surface area contributed by atoms with Gasteiger partial charge in [0.1, 0.15) is 5.76 Å². The van der Waals surface area contributed by atoms with Crippen LogP contribution in [0, 0.1) is 0 Å². The van der Waals surface area contributed by atoms with Crippen LogP contribution in [-0.2, 0) is 28.5 Å². The van der Waals surface area contributed by atoms with E-state index in [1.807, 2.05) is 36.4 Å². The monoisotopic (exact) mass is 374 g/mol. The maximum Gasteiger partial charge on any atom is 0.302 e. The van der Waals surface area contributed by atoms with Crippen LogP contribution in [0.4, 0.5) is 0 Å². The lowest BCUT2D eigenvalue weighted by Gasteiger charge is -2.27. The molecular formula is C21H26O6. The molecule has 1 aliphatic rings. The van der Waals surface area contributed by atoms with E-state index in [4.69, 9.17) is 18.9 Å². The minimum absolute atomic E-state index is 0.0359. The Bertz CT molecular complexity index is 692. The smallest absolute Gasteiger partial charge is 0.302 e. The van der Waals surface area contributed by atoms with Crippen molar-refractivity contribution in [3.63, 3.8) is 0 Å². The first-order chi connectivity index (χ1) is 13.0. The van der Waals surface area contributed by atoms with E-state index >= 15 is 0 Å². The summed E-state index contributed by atoms with van der Waals surface area (Å²) in [6, 6.07) is 9.74. The van der Waals surface area contributed by atoms with Crippen LogP contribution in [0.2, 0.25) is 0 Å². The quantitative estimate of drug-likeness (QED) is 0.374. The first-order valence-corrected chi connectivity index (χ1v) is 8.90. The second kappa shape index (κ2) is 10.5. The normalized spacial score (nSPS) is 18.3. The predicted octanol–water partition coefficient (Wildman–Crippen LogP) is 3.49. The summed E-state index contributed by atoms with van der Waals surface area (Å²) in [5.41, 5.74) is 0.975. The maximum absolute atomic E-state index is 12.1. The molecule has 0 saturated carbocycles. The summed E-state index contributed by atoms with van der Waals surface area (Å²) >= 11 is 0. The number of hydrogen-bond acceptors (Lipinski definition) is 6. The topological polar surface area (TPSA) is 71.1 Å². The van der Waals surface area contributed by atoms with E-state index in [0.717, 1.165) is 11.3 Å². The zero-order valence-corrected chi connectivity index (χ0v) is 16.0. The predicted molar refractivity (Wildman–Crippen MR) is 99.7 cm³/mol. The number of ether oxygens (including phenoxy) is 4. The Morgan fingerprint density at radius 1 is 1.30 bits per heavy atom. The first-order valence-electron chi connectivity index (χ1n) is 8.90. The molecule has 0 saturated heterocycles. The van der Waals surface area contributed by atoms with Crippen LogP contribution in [-0.4, -0.2) is 38.9 Å². The summed E-state index contributed by atoms with van der Waals surface area (Å²) in [6.07, 6.45) is 4.30. The van der Waals surface area contributed by atoms with Gasteiger partial charge in [-0.15, -0.1) is 0 Å². The summed E-state index contributed by atoms with van der Waals surface area (Å²) in [5.74, 6) is 0.638. The Hall–Kier alpha value is -2.60. The molecule has 0 N–H and O–H groups in total. The summed E-state index contributed by atoms with van der Waals surface area (Å²) in [4.78, 5) is 23.0. The van der Waals surface area contributed by atoms with Gasteiger partial charge in [0.15, 0.2) is 5.78 Å². The van der Waals surface area contributed by atoms with Crippen molar-refractivity contribution in [3.05, 3.63) is 59.6 Å². The summed E-state index contributed by atoms with van der Waals surface area (Å²) in [7, 11) is 3.11. The lowest BCUT2D eigenvalue weighted by molar-refractivity contribution is -0.141. The third kappa shape index (κ3) is 6.57. The summed E-state index contributed by atoms with van der Waals surface area (Å²) in [5, 5.41) is 0. The molecule has 0 aliphatic carbocycles. The standard InChI is InChI=1S/C21H26O6/c1-15(22)26-11-7-10-18(24-2)14-19(16-8-5-4-6-9-16)20-12-17(23)13-21(25-3)27-20/h4-6,8-9,12,14,19,21H,7,10-11,13H2,1-3H3/b18-14-. The molecule has 6 heteroatoms. The van der Waals surface area contributed by atoms with Crippen molar-refractivity contribution < 1.29 is 28.5 Å². The minimum Gasteiger partial charge on any atom is -0.501 e. The van der Waals surface area contributed by atoms with Crippen molar-refractivity contribution in [2.45, 2.75) is 38.4 Å². The molecule has 2 atom stereocenters. The molecule has 0 spiro atoms. The van der Waals surface area contributed by atoms with Gasteiger partial charge in [-0.25, -0.2) is 0 Å². The van der Waals surface area contributed by atoms with Gasteiger partial charge in [0.25, 0.3) is 0 Å². The highest BCUT2D eigenvalue weighted by molar-refractivity contribution is 5.91. The van der Waals surface area contributed by atoms with Crippen molar-refractivity contribution in [2.24, 2.45) is 0 Å². The second-order valence-electron chi connectivity index (χ2n) is 6.17. The number of allylic oxidation sites excluding steroid dienone is 3. The first kappa shape index (κ1) is 20.7. The van der Waals surface area contributed by atoms with E-state index in [0.29, 0.717) is 25.2 Å². The highest BCUT2D eigenvalue weighted by Crippen LogP contribution is 2.32. The number of methoxy groups -OCH3 is 2. The van der Waals surface area contributed by atoms with Gasteiger partial charge in [-0.05, 0) is 18.1 Å². The molecule has 27 heavy (non-hydrogen) atoms. The van der Waals surface area contributed by atoms with E-state index in [1.54, 1.807) is 7.11 Å². The second-order valence-corrected chi connectivity index (χ2v) is 6.17. The van der Waals surface area contributed by atoms with Gasteiger partial charge >= 0.3 is 5.97 Å². The zero-order chi connectivity index (χ0) is 19.6. The Morgan fingerprint density at radius 3 is 2.67 bits per heavy atom. The van der Waals surface area contributed by atoms with Crippen LogP contribution >= 0.6 is 0 Å². The molecular weight excluding hydrogens is 348 g/mol. The van der Waals surface area contributed by atoms with Crippen molar-refractivity contribution in [2.75, 3.05) is 20.8 Å². The van der Waals surface area contributed by atoms with E-state index in [2.05, 4.69) is 0 Å². The van der Waals surface area contributed by atoms with Crippen LogP contribution in [0.1, 0.15) is 37.7 Å². The number of esters is 1. The molecule has 2 rings (SSSR count). The lowest BCUT2D eigenvalue weighted by atomic mass is 9.93. The maximum atomic E-state index is 12.1. The fourth-order valence-corrected chi connectivity index (χ4v) is 2.81. The number of carbonyl (C=O) groups excluding carboxylic acids is 2. The lowest BCUT2D eigenvalue weighted by Crippen LogP contribution is -2.25. The van der Waals surface area contributed by atoms with Crippen molar-refractivity contribution in [3.8, 4) is 0 Å². The van der Waals surface area contributed by atoms with E-state index in [-0.39, 0.29) is 24.1 Å². The number of benzene rings is 1. The van der Waals surface area contributed by atoms with E-state index in [9.17, 15) is 9.59 Å². The van der Waals surface area contributed by atoms with Gasteiger partial charge < -0.3 is 18.9 Å². The highest BCUT2D eigenvalue weighted by Gasteiger charge is 2.27. The Morgan fingerprint density at radius 2 is 2.04 bits per heavy atom. The summed E-state index contributed by atoms with van der Waals surface area (Å²) in [6.45, 7) is 1.71. The molecule has 1 aromatic carbocycles. The molecule has 146 valence electrons. The fourth-order valence-electron chi connectivity index (χ4n) is 2.81. The highest BCUT2D eigenvalue weighted by atomic mass is 16.7. The van der Waals surface area contributed by atoms with Gasteiger partial charge in [0, 0.05) is 26.5 Å². The summed E-state index contributed by atoms with van der Waals surface area (Å²) < 4.78 is 21.6. The van der Waals surface area contributed by atoms with E-state index < -0.39 is 6.29 Å². The molecule has 1 aromatic rings. The molecule has 0 bridgehead atoms. The average molecular weight is 374 g/mol.